The van der Waals surface area contributed by atoms with Crippen molar-refractivity contribution in [2.75, 3.05) is 32.7 Å². The maximum Gasteiger partial charge on any atom is 0.419 e. The molecular weight excluding hydrogens is 334 g/mol. The van der Waals surface area contributed by atoms with E-state index in [-0.39, 0.29) is 16.3 Å². The van der Waals surface area contributed by atoms with Gasteiger partial charge in [0.1, 0.15) is 5.78 Å². The van der Waals surface area contributed by atoms with E-state index < -0.39 is 15.8 Å². The molecule has 3 rings (SSSR count). The van der Waals surface area contributed by atoms with Crippen LogP contribution in [0.3, 0.4) is 0 Å². The lowest BCUT2D eigenvalue weighted by Crippen LogP contribution is -2.49. The van der Waals surface area contributed by atoms with Crippen molar-refractivity contribution >= 4 is 26.9 Å². The summed E-state index contributed by atoms with van der Waals surface area (Å²) in [5.74, 6) is -0.465. The van der Waals surface area contributed by atoms with Crippen molar-refractivity contribution in [2.45, 2.75) is 11.8 Å². The number of carbonyl (C=O) groups excluding carboxylic acids is 1. The van der Waals surface area contributed by atoms with E-state index in [1.807, 2.05) is 4.90 Å². The van der Waals surface area contributed by atoms with Gasteiger partial charge in [-0.05, 0) is 19.1 Å². The summed E-state index contributed by atoms with van der Waals surface area (Å²) in [5.41, 5.74) is 0.795. The van der Waals surface area contributed by atoms with Gasteiger partial charge in [-0.1, -0.05) is 0 Å². The number of nitrogens with zero attached hydrogens (tertiary/aromatic N) is 3. The van der Waals surface area contributed by atoms with Crippen LogP contribution in [0.1, 0.15) is 6.92 Å². The van der Waals surface area contributed by atoms with Crippen LogP contribution in [-0.4, -0.2) is 60.7 Å². The fraction of sp³-hybridized carbons (Fsp3) is 0.467. The Morgan fingerprint density at radius 2 is 1.88 bits per heavy atom. The van der Waals surface area contributed by atoms with Crippen LogP contribution in [0.15, 0.2) is 32.3 Å². The predicted octanol–water partition coefficient (Wildman–Crippen LogP) is 0.0268. The van der Waals surface area contributed by atoms with Crippen LogP contribution in [0.2, 0.25) is 0 Å². The van der Waals surface area contributed by atoms with Crippen molar-refractivity contribution < 1.29 is 17.6 Å². The number of Topliss-reactive ketones (excluding diaryl/α,β-unsaturated/α-hetero) is 1. The first-order valence-electron chi connectivity index (χ1n) is 7.60. The number of benzene rings is 1. The molecule has 0 radical (unpaired) electrons. The van der Waals surface area contributed by atoms with Crippen LogP contribution in [0, 0.1) is 0 Å². The molecule has 0 bridgehead atoms. The molecule has 1 saturated heterocycles. The lowest BCUT2D eigenvalue weighted by Gasteiger charge is -2.33. The number of aromatic nitrogens is 1. The van der Waals surface area contributed by atoms with E-state index >= 15 is 0 Å². The van der Waals surface area contributed by atoms with Gasteiger partial charge in [0.2, 0.25) is 10.0 Å². The van der Waals surface area contributed by atoms with Gasteiger partial charge >= 0.3 is 5.76 Å². The molecule has 1 aliphatic heterocycles. The second-order valence-corrected chi connectivity index (χ2v) is 7.88. The minimum Gasteiger partial charge on any atom is -0.408 e. The standard InChI is InChI=1S/C15H19N3O5S/c1-11(19)10-17-5-7-18(8-6-17)24(21,22)12-3-4-13-14(9-12)23-15(20)16(13)2/h3-4,9H,5-8,10H2,1-2H3. The summed E-state index contributed by atoms with van der Waals surface area (Å²) in [5, 5.41) is 0. The largest absolute Gasteiger partial charge is 0.419 e. The normalized spacial score (nSPS) is 17.4. The first-order chi connectivity index (χ1) is 11.3. The Morgan fingerprint density at radius 1 is 1.21 bits per heavy atom. The van der Waals surface area contributed by atoms with Gasteiger partial charge in [-0.2, -0.15) is 4.31 Å². The Balaban J connectivity index is 1.83. The minimum atomic E-state index is -3.66. The molecule has 0 saturated carbocycles. The average molecular weight is 353 g/mol. The number of ketones is 1. The molecule has 1 aromatic carbocycles. The monoisotopic (exact) mass is 353 g/mol. The lowest BCUT2D eigenvalue weighted by atomic mass is 10.3. The molecule has 130 valence electrons. The Kier molecular flexibility index (Phi) is 4.33. The smallest absolute Gasteiger partial charge is 0.408 e. The zero-order chi connectivity index (χ0) is 17.5. The molecule has 1 aliphatic rings. The van der Waals surface area contributed by atoms with Crippen molar-refractivity contribution in [1.29, 1.82) is 0 Å². The van der Waals surface area contributed by atoms with Crippen LogP contribution in [0.4, 0.5) is 0 Å². The number of hydrogen-bond donors (Lipinski definition) is 0. The molecule has 9 heteroatoms. The Labute approximate surface area is 139 Å². The van der Waals surface area contributed by atoms with E-state index in [4.69, 9.17) is 4.42 Å². The van der Waals surface area contributed by atoms with Gasteiger partial charge in [-0.15, -0.1) is 0 Å². The van der Waals surface area contributed by atoms with E-state index in [9.17, 15) is 18.0 Å². The van der Waals surface area contributed by atoms with E-state index in [1.54, 1.807) is 13.1 Å². The number of rotatable bonds is 4. The molecule has 0 N–H and O–H groups in total. The lowest BCUT2D eigenvalue weighted by molar-refractivity contribution is -0.118. The SMILES string of the molecule is CC(=O)CN1CCN(S(=O)(=O)c2ccc3c(c2)oc(=O)n3C)CC1. The number of oxazole rings is 1. The van der Waals surface area contributed by atoms with Gasteiger partial charge in [0.15, 0.2) is 5.58 Å². The summed E-state index contributed by atoms with van der Waals surface area (Å²) in [7, 11) is -2.09. The molecule has 8 nitrogen and oxygen atoms in total. The van der Waals surface area contributed by atoms with Crippen LogP contribution in [-0.2, 0) is 21.9 Å². The van der Waals surface area contributed by atoms with Crippen molar-refractivity contribution in [1.82, 2.24) is 13.8 Å². The fourth-order valence-electron chi connectivity index (χ4n) is 2.87. The topological polar surface area (TPSA) is 92.8 Å². The van der Waals surface area contributed by atoms with Crippen LogP contribution in [0.5, 0.6) is 0 Å². The molecule has 0 amide bonds. The zero-order valence-electron chi connectivity index (χ0n) is 13.6. The third kappa shape index (κ3) is 3.02. The average Bonchev–Trinajstić information content (AvgIpc) is 2.81. The zero-order valence-corrected chi connectivity index (χ0v) is 14.4. The van der Waals surface area contributed by atoms with Crippen LogP contribution < -0.4 is 5.76 Å². The molecule has 2 aromatic rings. The quantitative estimate of drug-likeness (QED) is 0.770. The summed E-state index contributed by atoms with van der Waals surface area (Å²) < 4.78 is 33.3. The predicted molar refractivity (Wildman–Crippen MR) is 87.3 cm³/mol. The highest BCUT2D eigenvalue weighted by Gasteiger charge is 2.29. The first kappa shape index (κ1) is 16.9. The van der Waals surface area contributed by atoms with E-state index in [0.717, 1.165) is 0 Å². The molecule has 0 atom stereocenters. The summed E-state index contributed by atoms with van der Waals surface area (Å²) in [6, 6.07) is 4.43. The Morgan fingerprint density at radius 3 is 2.50 bits per heavy atom. The van der Waals surface area contributed by atoms with Crippen molar-refractivity contribution in [3.8, 4) is 0 Å². The third-order valence-electron chi connectivity index (χ3n) is 4.18. The van der Waals surface area contributed by atoms with Crippen molar-refractivity contribution in [2.24, 2.45) is 7.05 Å². The Bertz CT molecular complexity index is 936. The highest BCUT2D eigenvalue weighted by atomic mass is 32.2. The molecular formula is C15H19N3O5S. The second-order valence-electron chi connectivity index (χ2n) is 5.94. The maximum atomic E-state index is 12.8. The Hall–Kier alpha value is -1.97. The van der Waals surface area contributed by atoms with Crippen LogP contribution >= 0.6 is 0 Å². The number of sulfonamides is 1. The fourth-order valence-corrected chi connectivity index (χ4v) is 4.30. The van der Waals surface area contributed by atoms with Gasteiger partial charge < -0.3 is 4.42 Å². The highest BCUT2D eigenvalue weighted by Crippen LogP contribution is 2.22. The maximum absolute atomic E-state index is 12.8. The molecule has 1 fully saturated rings. The molecule has 1 aromatic heterocycles. The molecule has 2 heterocycles. The number of fused-ring (bicyclic) bond motifs is 1. The summed E-state index contributed by atoms with van der Waals surface area (Å²) >= 11 is 0. The molecule has 24 heavy (non-hydrogen) atoms. The molecule has 0 aliphatic carbocycles. The number of hydrogen-bond acceptors (Lipinski definition) is 6. The third-order valence-corrected chi connectivity index (χ3v) is 6.07. The van der Waals surface area contributed by atoms with Crippen molar-refractivity contribution in [3.63, 3.8) is 0 Å². The minimum absolute atomic E-state index is 0.0656. The van der Waals surface area contributed by atoms with Crippen molar-refractivity contribution in [3.05, 3.63) is 28.7 Å². The summed E-state index contributed by atoms with van der Waals surface area (Å²) in [4.78, 5) is 24.7. The number of carbonyl (C=O) groups is 1. The highest BCUT2D eigenvalue weighted by molar-refractivity contribution is 7.89. The second kappa shape index (κ2) is 6.15. The summed E-state index contributed by atoms with van der Waals surface area (Å²) in [6.07, 6.45) is 0. The van der Waals surface area contributed by atoms with Gasteiger partial charge in [0.25, 0.3) is 0 Å². The molecule has 0 spiro atoms. The van der Waals surface area contributed by atoms with E-state index in [0.29, 0.717) is 38.2 Å². The van der Waals surface area contributed by atoms with Gasteiger partial charge in [0.05, 0.1) is 17.0 Å². The van der Waals surface area contributed by atoms with Gasteiger partial charge in [0, 0.05) is 39.3 Å². The first-order valence-corrected chi connectivity index (χ1v) is 9.04. The van der Waals surface area contributed by atoms with Gasteiger partial charge in [-0.25, -0.2) is 13.2 Å². The molecule has 0 unspecified atom stereocenters. The van der Waals surface area contributed by atoms with Crippen LogP contribution in [0.25, 0.3) is 11.1 Å². The van der Waals surface area contributed by atoms with Gasteiger partial charge in [-0.3, -0.25) is 14.3 Å². The van der Waals surface area contributed by atoms with E-state index in [2.05, 4.69) is 0 Å². The number of aryl methyl sites for hydroxylation is 1. The number of piperazine rings is 1. The summed E-state index contributed by atoms with van der Waals surface area (Å²) in [6.45, 7) is 3.54. The van der Waals surface area contributed by atoms with E-state index in [1.165, 1.54) is 27.9 Å².